The van der Waals surface area contributed by atoms with Crippen LogP contribution in [0.5, 0.6) is 0 Å². The quantitative estimate of drug-likeness (QED) is 0.468. The molecule has 4 rings (SSSR count). The number of aryl methyl sites for hydroxylation is 1. The molecule has 150 valence electrons. The summed E-state index contributed by atoms with van der Waals surface area (Å²) in [5.74, 6) is 1.16. The van der Waals surface area contributed by atoms with Gasteiger partial charge in [-0.2, -0.15) is 4.98 Å². The lowest BCUT2D eigenvalue weighted by Crippen LogP contribution is -2.48. The average molecular weight is 523 g/mol. The van der Waals surface area contributed by atoms with E-state index in [4.69, 9.17) is 16.1 Å². The van der Waals surface area contributed by atoms with Crippen molar-refractivity contribution in [3.8, 4) is 11.4 Å². The SMILES string of the molecule is O=C(CCc1nc(-c2ccc(I)cc2)no1)N1CCN(c2cccc(Cl)c2)CC1. The Balaban J connectivity index is 1.28. The van der Waals surface area contributed by atoms with E-state index in [9.17, 15) is 4.79 Å². The van der Waals surface area contributed by atoms with Crippen LogP contribution in [0.15, 0.2) is 53.1 Å². The van der Waals surface area contributed by atoms with Gasteiger partial charge in [0.25, 0.3) is 0 Å². The second-order valence-corrected chi connectivity index (χ2v) is 8.55. The summed E-state index contributed by atoms with van der Waals surface area (Å²) in [5, 5.41) is 4.75. The Labute approximate surface area is 188 Å². The zero-order valence-electron chi connectivity index (χ0n) is 15.7. The number of nitrogens with zero attached hydrogens (tertiary/aromatic N) is 4. The third kappa shape index (κ3) is 5.08. The lowest BCUT2D eigenvalue weighted by atomic mass is 10.2. The predicted octanol–water partition coefficient (Wildman–Crippen LogP) is 4.28. The third-order valence-electron chi connectivity index (χ3n) is 4.93. The number of carbonyl (C=O) groups excluding carboxylic acids is 1. The average Bonchev–Trinajstić information content (AvgIpc) is 3.22. The van der Waals surface area contributed by atoms with Crippen LogP contribution in [0.4, 0.5) is 5.69 Å². The van der Waals surface area contributed by atoms with Crippen LogP contribution in [0, 0.1) is 3.57 Å². The van der Waals surface area contributed by atoms with E-state index in [1.54, 1.807) is 0 Å². The fourth-order valence-corrected chi connectivity index (χ4v) is 3.88. The number of carbonyl (C=O) groups is 1. The molecule has 1 aliphatic heterocycles. The summed E-state index contributed by atoms with van der Waals surface area (Å²) in [6, 6.07) is 15.7. The van der Waals surface area contributed by atoms with E-state index in [2.05, 4.69) is 37.6 Å². The molecular weight excluding hydrogens is 503 g/mol. The molecule has 0 unspecified atom stereocenters. The molecule has 1 aliphatic rings. The van der Waals surface area contributed by atoms with Crippen LogP contribution in [-0.2, 0) is 11.2 Å². The monoisotopic (exact) mass is 522 g/mol. The van der Waals surface area contributed by atoms with Gasteiger partial charge in [0.15, 0.2) is 0 Å². The molecule has 29 heavy (non-hydrogen) atoms. The number of hydrogen-bond donors (Lipinski definition) is 0. The van der Waals surface area contributed by atoms with Crippen molar-refractivity contribution in [1.29, 1.82) is 0 Å². The minimum atomic E-state index is 0.116. The molecule has 0 radical (unpaired) electrons. The lowest BCUT2D eigenvalue weighted by molar-refractivity contribution is -0.131. The fraction of sp³-hybridized carbons (Fsp3) is 0.286. The van der Waals surface area contributed by atoms with Crippen molar-refractivity contribution in [1.82, 2.24) is 15.0 Å². The van der Waals surface area contributed by atoms with E-state index < -0.39 is 0 Å². The van der Waals surface area contributed by atoms with E-state index in [0.29, 0.717) is 37.6 Å². The summed E-state index contributed by atoms with van der Waals surface area (Å²) in [7, 11) is 0. The van der Waals surface area contributed by atoms with Crippen molar-refractivity contribution in [3.63, 3.8) is 0 Å². The molecule has 0 aliphatic carbocycles. The van der Waals surface area contributed by atoms with E-state index in [-0.39, 0.29) is 5.91 Å². The van der Waals surface area contributed by atoms with Crippen LogP contribution >= 0.6 is 34.2 Å². The van der Waals surface area contributed by atoms with E-state index in [1.807, 2.05) is 53.4 Å². The van der Waals surface area contributed by atoms with Gasteiger partial charge in [0.1, 0.15) is 0 Å². The van der Waals surface area contributed by atoms with Crippen LogP contribution in [0.1, 0.15) is 12.3 Å². The highest BCUT2D eigenvalue weighted by Gasteiger charge is 2.22. The largest absolute Gasteiger partial charge is 0.368 e. The molecule has 0 spiro atoms. The highest BCUT2D eigenvalue weighted by molar-refractivity contribution is 14.1. The van der Waals surface area contributed by atoms with Gasteiger partial charge in [-0.25, -0.2) is 0 Å². The van der Waals surface area contributed by atoms with Crippen LogP contribution in [0.3, 0.4) is 0 Å². The van der Waals surface area contributed by atoms with Gasteiger partial charge in [-0.05, 0) is 52.9 Å². The summed E-state index contributed by atoms with van der Waals surface area (Å²) in [4.78, 5) is 21.1. The van der Waals surface area contributed by atoms with E-state index >= 15 is 0 Å². The molecule has 1 saturated heterocycles. The van der Waals surface area contributed by atoms with Gasteiger partial charge in [-0.3, -0.25) is 4.79 Å². The second kappa shape index (κ2) is 9.13. The van der Waals surface area contributed by atoms with Gasteiger partial charge in [0, 0.05) is 58.9 Å². The third-order valence-corrected chi connectivity index (χ3v) is 5.88. The van der Waals surface area contributed by atoms with Crippen LogP contribution in [0.25, 0.3) is 11.4 Å². The molecule has 0 saturated carbocycles. The normalized spacial score (nSPS) is 14.3. The first-order valence-electron chi connectivity index (χ1n) is 9.45. The topological polar surface area (TPSA) is 62.5 Å². The first-order valence-corrected chi connectivity index (χ1v) is 10.9. The lowest BCUT2D eigenvalue weighted by Gasteiger charge is -2.36. The van der Waals surface area contributed by atoms with Crippen molar-refractivity contribution < 1.29 is 9.32 Å². The summed E-state index contributed by atoms with van der Waals surface area (Å²) < 4.78 is 6.47. The molecule has 1 amide bonds. The molecule has 0 atom stereocenters. The Kier molecular flexibility index (Phi) is 6.34. The zero-order chi connectivity index (χ0) is 20.2. The van der Waals surface area contributed by atoms with Crippen molar-refractivity contribution in [2.75, 3.05) is 31.1 Å². The zero-order valence-corrected chi connectivity index (χ0v) is 18.6. The summed E-state index contributed by atoms with van der Waals surface area (Å²) >= 11 is 8.33. The van der Waals surface area contributed by atoms with Gasteiger partial charge < -0.3 is 14.3 Å². The second-order valence-electron chi connectivity index (χ2n) is 6.87. The summed E-state index contributed by atoms with van der Waals surface area (Å²) in [6.45, 7) is 2.99. The maximum absolute atomic E-state index is 12.6. The molecule has 8 heteroatoms. The predicted molar refractivity (Wildman–Crippen MR) is 121 cm³/mol. The minimum absolute atomic E-state index is 0.116. The first kappa shape index (κ1) is 20.2. The molecule has 3 aromatic rings. The number of benzene rings is 2. The Hall–Kier alpha value is -2.13. The van der Waals surface area contributed by atoms with Gasteiger partial charge in [0.05, 0.1) is 0 Å². The van der Waals surface area contributed by atoms with Crippen LogP contribution < -0.4 is 4.90 Å². The molecule has 2 aromatic carbocycles. The van der Waals surface area contributed by atoms with Gasteiger partial charge in [0.2, 0.25) is 17.6 Å². The summed E-state index contributed by atoms with van der Waals surface area (Å²) in [6.07, 6.45) is 0.816. The van der Waals surface area contributed by atoms with Crippen LogP contribution in [-0.4, -0.2) is 47.1 Å². The molecule has 1 fully saturated rings. The maximum atomic E-state index is 12.6. The van der Waals surface area contributed by atoms with E-state index in [1.165, 1.54) is 0 Å². The number of aromatic nitrogens is 2. The molecule has 1 aromatic heterocycles. The highest BCUT2D eigenvalue weighted by atomic mass is 127. The van der Waals surface area contributed by atoms with Gasteiger partial charge in [-0.1, -0.05) is 35.0 Å². The summed E-state index contributed by atoms with van der Waals surface area (Å²) in [5.41, 5.74) is 2.00. The van der Waals surface area contributed by atoms with Crippen molar-refractivity contribution in [2.24, 2.45) is 0 Å². The molecule has 0 N–H and O–H groups in total. The number of halogens is 2. The van der Waals surface area contributed by atoms with Crippen LogP contribution in [0.2, 0.25) is 5.02 Å². The standard InChI is InChI=1S/C21H20ClIN4O2/c22-16-2-1-3-18(14-16)26-10-12-27(13-11-26)20(28)9-8-19-24-21(25-29-19)15-4-6-17(23)7-5-15/h1-7,14H,8-13H2. The van der Waals surface area contributed by atoms with Gasteiger partial charge in [-0.15, -0.1) is 0 Å². The van der Waals surface area contributed by atoms with Crippen molar-refractivity contribution >= 4 is 45.8 Å². The number of hydrogen-bond acceptors (Lipinski definition) is 5. The number of rotatable bonds is 5. The Morgan fingerprint density at radius 2 is 1.86 bits per heavy atom. The number of anilines is 1. The maximum Gasteiger partial charge on any atom is 0.227 e. The Bertz CT molecular complexity index is 984. The molecule has 2 heterocycles. The van der Waals surface area contributed by atoms with Gasteiger partial charge >= 0.3 is 0 Å². The van der Waals surface area contributed by atoms with Crippen molar-refractivity contribution in [2.45, 2.75) is 12.8 Å². The number of amides is 1. The Morgan fingerprint density at radius 1 is 1.10 bits per heavy atom. The number of piperazine rings is 1. The molecule has 0 bridgehead atoms. The van der Waals surface area contributed by atoms with Crippen molar-refractivity contribution in [3.05, 3.63) is 63.0 Å². The highest BCUT2D eigenvalue weighted by Crippen LogP contribution is 2.21. The minimum Gasteiger partial charge on any atom is -0.368 e. The van der Waals surface area contributed by atoms with E-state index in [0.717, 1.165) is 32.9 Å². The fourth-order valence-electron chi connectivity index (χ4n) is 3.33. The molecular formula is C21H20ClIN4O2. The smallest absolute Gasteiger partial charge is 0.227 e. The Morgan fingerprint density at radius 3 is 2.59 bits per heavy atom. The molecule has 6 nitrogen and oxygen atoms in total. The first-order chi connectivity index (χ1) is 14.1.